The number of hydrogen-bond donors (Lipinski definition) is 2. The van der Waals surface area contributed by atoms with Crippen LogP contribution in [0.4, 0.5) is 5.82 Å². The third-order valence-electron chi connectivity index (χ3n) is 5.41. The van der Waals surface area contributed by atoms with Gasteiger partial charge in [0.05, 0.1) is 17.0 Å². The highest BCUT2D eigenvalue weighted by Gasteiger charge is 2.45. The van der Waals surface area contributed by atoms with Crippen molar-refractivity contribution in [3.63, 3.8) is 0 Å². The Bertz CT molecular complexity index is 862. The van der Waals surface area contributed by atoms with E-state index in [0.29, 0.717) is 6.54 Å². The van der Waals surface area contributed by atoms with Crippen LogP contribution in [0.25, 0.3) is 11.0 Å². The largest absolute Gasteiger partial charge is 0.389 e. The second-order valence-corrected chi connectivity index (χ2v) is 6.83. The van der Waals surface area contributed by atoms with Crippen molar-refractivity contribution in [1.82, 2.24) is 19.9 Å². The highest BCUT2D eigenvalue weighted by Crippen LogP contribution is 2.39. The number of fused-ring (bicyclic) bond motifs is 1. The van der Waals surface area contributed by atoms with E-state index in [1.54, 1.807) is 6.33 Å². The van der Waals surface area contributed by atoms with Crippen LogP contribution in [0, 0.1) is 0 Å². The van der Waals surface area contributed by atoms with Gasteiger partial charge in [0.2, 0.25) is 0 Å². The minimum atomic E-state index is -0.525. The number of rotatable bonds is 3. The maximum Gasteiger partial charge on any atom is 0.142 e. The Balaban J connectivity index is 1.69. The molecule has 6 nitrogen and oxygen atoms in total. The number of aromatic nitrogens is 3. The van der Waals surface area contributed by atoms with Gasteiger partial charge < -0.3 is 15.0 Å². The monoisotopic (exact) mass is 337 g/mol. The fourth-order valence-corrected chi connectivity index (χ4v) is 4.07. The minimum absolute atomic E-state index is 0.387. The van der Waals surface area contributed by atoms with Gasteiger partial charge in [-0.1, -0.05) is 30.3 Å². The molecule has 0 aliphatic carbocycles. The van der Waals surface area contributed by atoms with E-state index in [1.165, 1.54) is 0 Å². The summed E-state index contributed by atoms with van der Waals surface area (Å²) in [6.07, 6.45) is 3.74. The van der Waals surface area contributed by atoms with Gasteiger partial charge in [0.1, 0.15) is 17.8 Å². The van der Waals surface area contributed by atoms with Crippen molar-refractivity contribution in [3.05, 3.63) is 54.5 Å². The lowest BCUT2D eigenvalue weighted by Crippen LogP contribution is -2.60. The van der Waals surface area contributed by atoms with Crippen molar-refractivity contribution in [2.24, 2.45) is 0 Å². The quantitative estimate of drug-likeness (QED) is 0.765. The molecule has 130 valence electrons. The van der Waals surface area contributed by atoms with E-state index in [9.17, 15) is 5.11 Å². The Hall–Kier alpha value is -2.44. The van der Waals surface area contributed by atoms with Gasteiger partial charge in [0.25, 0.3) is 0 Å². The van der Waals surface area contributed by atoms with Crippen molar-refractivity contribution < 1.29 is 5.11 Å². The molecule has 0 amide bonds. The lowest BCUT2D eigenvalue weighted by Gasteiger charge is -2.50. The van der Waals surface area contributed by atoms with Crippen LogP contribution in [0.15, 0.2) is 48.9 Å². The normalized spacial score (nSPS) is 24.2. The number of nitrogens with zero attached hydrogens (tertiary/aromatic N) is 4. The molecule has 0 radical (unpaired) electrons. The first-order valence-corrected chi connectivity index (χ1v) is 8.57. The number of anilines is 1. The topological polar surface area (TPSA) is 68.3 Å². The Morgan fingerprint density at radius 2 is 2.00 bits per heavy atom. The van der Waals surface area contributed by atoms with Crippen LogP contribution in [0.3, 0.4) is 0 Å². The smallest absolute Gasteiger partial charge is 0.142 e. The molecule has 3 heterocycles. The molecule has 4 rings (SSSR count). The van der Waals surface area contributed by atoms with Crippen molar-refractivity contribution in [3.8, 4) is 0 Å². The zero-order valence-corrected chi connectivity index (χ0v) is 14.6. The third kappa shape index (κ3) is 2.49. The standard InChI is InChI=1S/C19H23N5O/c1-23(2)19(14-6-4-3-5-7-14)9-11-24(12-16(19)25)18-15-8-10-20-17(15)21-13-22-18/h3-8,10,13,16,25H,9,11-12H2,1-2H3,(H,20,21,22)/t16-,19+/m1/s1. The number of β-amino-alcohol motifs (C(OH)–C–C–N with tert-alkyl or cyclic N) is 1. The van der Waals surface area contributed by atoms with E-state index >= 15 is 0 Å². The second kappa shape index (κ2) is 6.13. The van der Waals surface area contributed by atoms with Crippen LogP contribution in [-0.4, -0.2) is 58.2 Å². The maximum atomic E-state index is 11.2. The molecule has 0 spiro atoms. The van der Waals surface area contributed by atoms with E-state index in [0.717, 1.165) is 35.4 Å². The number of benzene rings is 1. The van der Waals surface area contributed by atoms with Gasteiger partial charge in [-0.3, -0.25) is 4.90 Å². The zero-order valence-electron chi connectivity index (χ0n) is 14.6. The Morgan fingerprint density at radius 1 is 1.20 bits per heavy atom. The van der Waals surface area contributed by atoms with Gasteiger partial charge in [-0.2, -0.15) is 0 Å². The highest BCUT2D eigenvalue weighted by molar-refractivity contribution is 5.87. The van der Waals surface area contributed by atoms with Gasteiger partial charge in [-0.05, 0) is 32.1 Å². The number of nitrogens with one attached hydrogen (secondary N) is 1. The summed E-state index contributed by atoms with van der Waals surface area (Å²) >= 11 is 0. The second-order valence-electron chi connectivity index (χ2n) is 6.83. The molecule has 0 bridgehead atoms. The number of aliphatic hydroxyl groups is 1. The molecule has 2 N–H and O–H groups in total. The van der Waals surface area contributed by atoms with Crippen molar-refractivity contribution in [2.45, 2.75) is 18.1 Å². The molecule has 3 aromatic rings. The lowest BCUT2D eigenvalue weighted by atomic mass is 9.77. The van der Waals surface area contributed by atoms with Crippen LogP contribution in [0.1, 0.15) is 12.0 Å². The summed E-state index contributed by atoms with van der Waals surface area (Å²) in [6.45, 7) is 1.35. The zero-order chi connectivity index (χ0) is 17.4. The summed E-state index contributed by atoms with van der Waals surface area (Å²) in [5, 5.41) is 12.2. The first kappa shape index (κ1) is 16.1. The van der Waals surface area contributed by atoms with E-state index in [-0.39, 0.29) is 5.54 Å². The van der Waals surface area contributed by atoms with Crippen LogP contribution < -0.4 is 4.90 Å². The van der Waals surface area contributed by atoms with Crippen molar-refractivity contribution in [2.75, 3.05) is 32.1 Å². The number of aliphatic hydroxyl groups excluding tert-OH is 1. The van der Waals surface area contributed by atoms with Crippen LogP contribution >= 0.6 is 0 Å². The first-order valence-electron chi connectivity index (χ1n) is 8.57. The van der Waals surface area contributed by atoms with E-state index in [1.807, 2.05) is 44.6 Å². The molecule has 1 saturated heterocycles. The number of piperidine rings is 1. The van der Waals surface area contributed by atoms with Crippen LogP contribution in [0.2, 0.25) is 0 Å². The Kier molecular flexibility index (Phi) is 3.94. The summed E-state index contributed by atoms with van der Waals surface area (Å²) in [6, 6.07) is 12.3. The molecule has 1 aliphatic rings. The average Bonchev–Trinajstić information content (AvgIpc) is 3.11. The Morgan fingerprint density at radius 3 is 2.72 bits per heavy atom. The number of aromatic amines is 1. The fourth-order valence-electron chi connectivity index (χ4n) is 4.07. The van der Waals surface area contributed by atoms with Gasteiger partial charge >= 0.3 is 0 Å². The molecule has 0 unspecified atom stereocenters. The fraction of sp³-hybridized carbons (Fsp3) is 0.368. The predicted octanol–water partition coefficient (Wildman–Crippen LogP) is 1.99. The predicted molar refractivity (Wildman–Crippen MR) is 98.5 cm³/mol. The number of hydrogen-bond acceptors (Lipinski definition) is 5. The summed E-state index contributed by atoms with van der Waals surface area (Å²) in [5.74, 6) is 0.880. The van der Waals surface area contributed by atoms with E-state index in [2.05, 4.69) is 36.9 Å². The lowest BCUT2D eigenvalue weighted by molar-refractivity contribution is -0.0246. The van der Waals surface area contributed by atoms with Crippen LogP contribution in [0.5, 0.6) is 0 Å². The van der Waals surface area contributed by atoms with Gasteiger partial charge in [0.15, 0.2) is 0 Å². The van der Waals surface area contributed by atoms with E-state index in [4.69, 9.17) is 0 Å². The maximum absolute atomic E-state index is 11.2. The highest BCUT2D eigenvalue weighted by atomic mass is 16.3. The molecule has 2 aromatic heterocycles. The average molecular weight is 337 g/mol. The van der Waals surface area contributed by atoms with Crippen LogP contribution in [-0.2, 0) is 5.54 Å². The molecule has 1 aliphatic heterocycles. The summed E-state index contributed by atoms with van der Waals surface area (Å²) in [5.41, 5.74) is 1.59. The molecular weight excluding hydrogens is 314 g/mol. The Labute approximate surface area is 147 Å². The molecule has 1 aromatic carbocycles. The molecule has 6 heteroatoms. The van der Waals surface area contributed by atoms with E-state index < -0.39 is 6.10 Å². The molecule has 0 saturated carbocycles. The van der Waals surface area contributed by atoms with Gasteiger partial charge in [-0.25, -0.2) is 9.97 Å². The van der Waals surface area contributed by atoms with Crippen molar-refractivity contribution in [1.29, 1.82) is 0 Å². The molecular formula is C19H23N5O. The minimum Gasteiger partial charge on any atom is -0.389 e. The summed E-state index contributed by atoms with van der Waals surface area (Å²) < 4.78 is 0. The number of H-pyrrole nitrogens is 1. The number of likely N-dealkylation sites (N-methyl/N-ethyl adjacent to an activating group) is 1. The van der Waals surface area contributed by atoms with Gasteiger partial charge in [-0.15, -0.1) is 0 Å². The molecule has 1 fully saturated rings. The SMILES string of the molecule is CN(C)[C@]1(c2ccccc2)CCN(c2ncnc3[nH]ccc23)C[C@H]1O. The van der Waals surface area contributed by atoms with Crippen molar-refractivity contribution >= 4 is 16.9 Å². The summed E-state index contributed by atoms with van der Waals surface area (Å²) in [4.78, 5) is 16.2. The molecule has 2 atom stereocenters. The summed E-state index contributed by atoms with van der Waals surface area (Å²) in [7, 11) is 4.09. The molecule has 25 heavy (non-hydrogen) atoms. The van der Waals surface area contributed by atoms with Gasteiger partial charge in [0, 0.05) is 19.3 Å². The first-order chi connectivity index (χ1) is 12.1. The third-order valence-corrected chi connectivity index (χ3v) is 5.41.